The zero-order valence-electron chi connectivity index (χ0n) is 8.07. The molecule has 0 saturated carbocycles. The molecule has 14 heavy (non-hydrogen) atoms. The van der Waals surface area contributed by atoms with Crippen molar-refractivity contribution in [1.29, 1.82) is 0 Å². The van der Waals surface area contributed by atoms with Gasteiger partial charge in [0.05, 0.1) is 12.5 Å². The minimum Gasteiger partial charge on any atom is -0.469 e. The maximum Gasteiger partial charge on any atom is 0.105 e. The maximum absolute atomic E-state index is 5.98. The number of rotatable bonds is 3. The predicted octanol–water partition coefficient (Wildman–Crippen LogP) is 2.42. The SMILES string of the molecule is Cc1cc(C(N)Cc2ccco2)co1. The van der Waals surface area contributed by atoms with E-state index < -0.39 is 0 Å². The summed E-state index contributed by atoms with van der Waals surface area (Å²) >= 11 is 0. The molecule has 0 aromatic carbocycles. The number of hydrogen-bond donors (Lipinski definition) is 1. The lowest BCUT2D eigenvalue weighted by Gasteiger charge is -2.05. The first-order chi connectivity index (χ1) is 6.75. The summed E-state index contributed by atoms with van der Waals surface area (Å²) in [5.74, 6) is 1.78. The van der Waals surface area contributed by atoms with E-state index in [4.69, 9.17) is 14.6 Å². The van der Waals surface area contributed by atoms with Gasteiger partial charge < -0.3 is 14.6 Å². The van der Waals surface area contributed by atoms with Gasteiger partial charge in [-0.3, -0.25) is 0 Å². The molecule has 0 aliphatic carbocycles. The maximum atomic E-state index is 5.98. The highest BCUT2D eigenvalue weighted by Gasteiger charge is 2.10. The Morgan fingerprint density at radius 1 is 1.43 bits per heavy atom. The van der Waals surface area contributed by atoms with Crippen LogP contribution in [-0.2, 0) is 6.42 Å². The van der Waals surface area contributed by atoms with E-state index in [0.29, 0.717) is 6.42 Å². The van der Waals surface area contributed by atoms with Crippen LogP contribution in [0.4, 0.5) is 0 Å². The molecule has 0 spiro atoms. The van der Waals surface area contributed by atoms with Gasteiger partial charge >= 0.3 is 0 Å². The molecule has 0 radical (unpaired) electrons. The molecular weight excluding hydrogens is 178 g/mol. The van der Waals surface area contributed by atoms with Crippen LogP contribution in [0.2, 0.25) is 0 Å². The highest BCUT2D eigenvalue weighted by Crippen LogP contribution is 2.18. The molecule has 2 N–H and O–H groups in total. The van der Waals surface area contributed by atoms with Crippen molar-refractivity contribution >= 4 is 0 Å². The van der Waals surface area contributed by atoms with Crippen LogP contribution >= 0.6 is 0 Å². The van der Waals surface area contributed by atoms with Gasteiger partial charge in [0.1, 0.15) is 11.5 Å². The Morgan fingerprint density at radius 3 is 2.86 bits per heavy atom. The molecule has 2 rings (SSSR count). The van der Waals surface area contributed by atoms with Crippen molar-refractivity contribution in [2.24, 2.45) is 5.73 Å². The molecule has 2 heterocycles. The van der Waals surface area contributed by atoms with E-state index in [-0.39, 0.29) is 6.04 Å². The van der Waals surface area contributed by atoms with Gasteiger partial charge in [-0.2, -0.15) is 0 Å². The average molecular weight is 191 g/mol. The van der Waals surface area contributed by atoms with E-state index in [1.54, 1.807) is 12.5 Å². The molecule has 0 bridgehead atoms. The largest absolute Gasteiger partial charge is 0.469 e. The Balaban J connectivity index is 2.06. The zero-order chi connectivity index (χ0) is 9.97. The highest BCUT2D eigenvalue weighted by atomic mass is 16.3. The van der Waals surface area contributed by atoms with Crippen LogP contribution < -0.4 is 5.73 Å². The Labute approximate surface area is 82.5 Å². The third-order valence-electron chi connectivity index (χ3n) is 2.18. The molecule has 0 aliphatic heterocycles. The fourth-order valence-corrected chi connectivity index (χ4v) is 1.42. The summed E-state index contributed by atoms with van der Waals surface area (Å²) < 4.78 is 10.4. The van der Waals surface area contributed by atoms with Crippen LogP contribution in [0.25, 0.3) is 0 Å². The normalized spacial score (nSPS) is 13.0. The molecule has 74 valence electrons. The molecule has 0 saturated heterocycles. The van der Waals surface area contributed by atoms with Gasteiger partial charge in [-0.25, -0.2) is 0 Å². The van der Waals surface area contributed by atoms with Gasteiger partial charge in [-0.15, -0.1) is 0 Å². The first-order valence-corrected chi connectivity index (χ1v) is 4.58. The summed E-state index contributed by atoms with van der Waals surface area (Å²) in [5, 5.41) is 0. The Morgan fingerprint density at radius 2 is 2.29 bits per heavy atom. The van der Waals surface area contributed by atoms with E-state index in [2.05, 4.69) is 0 Å². The van der Waals surface area contributed by atoms with Crippen LogP contribution in [0.5, 0.6) is 0 Å². The fourth-order valence-electron chi connectivity index (χ4n) is 1.42. The van der Waals surface area contributed by atoms with Gasteiger partial charge in [0.15, 0.2) is 0 Å². The molecule has 1 atom stereocenters. The summed E-state index contributed by atoms with van der Waals surface area (Å²) in [7, 11) is 0. The van der Waals surface area contributed by atoms with Gasteiger partial charge in [-0.1, -0.05) is 0 Å². The number of hydrogen-bond acceptors (Lipinski definition) is 3. The first kappa shape index (κ1) is 9.09. The minimum absolute atomic E-state index is 0.0569. The van der Waals surface area contributed by atoms with Gasteiger partial charge in [-0.05, 0) is 25.1 Å². The second kappa shape index (κ2) is 3.72. The van der Waals surface area contributed by atoms with E-state index in [1.807, 2.05) is 25.1 Å². The van der Waals surface area contributed by atoms with Crippen LogP contribution in [0.15, 0.2) is 39.6 Å². The van der Waals surface area contributed by atoms with Gasteiger partial charge in [0.2, 0.25) is 0 Å². The van der Waals surface area contributed by atoms with E-state index >= 15 is 0 Å². The summed E-state index contributed by atoms with van der Waals surface area (Å²) in [5.41, 5.74) is 6.99. The third-order valence-corrected chi connectivity index (χ3v) is 2.18. The Bertz CT molecular complexity index is 389. The summed E-state index contributed by atoms with van der Waals surface area (Å²) in [6.07, 6.45) is 4.05. The van der Waals surface area contributed by atoms with Crippen LogP contribution in [-0.4, -0.2) is 0 Å². The van der Waals surface area contributed by atoms with Crippen molar-refractivity contribution < 1.29 is 8.83 Å². The average Bonchev–Trinajstić information content (AvgIpc) is 2.75. The molecule has 3 nitrogen and oxygen atoms in total. The monoisotopic (exact) mass is 191 g/mol. The highest BCUT2D eigenvalue weighted by molar-refractivity contribution is 5.17. The first-order valence-electron chi connectivity index (χ1n) is 4.58. The molecule has 2 aromatic rings. The van der Waals surface area contributed by atoms with Gasteiger partial charge in [0, 0.05) is 18.0 Å². The fraction of sp³-hybridized carbons (Fsp3) is 0.273. The van der Waals surface area contributed by atoms with E-state index in [9.17, 15) is 0 Å². The van der Waals surface area contributed by atoms with Crippen molar-refractivity contribution in [3.8, 4) is 0 Å². The molecule has 0 fully saturated rings. The molecule has 0 aliphatic rings. The lowest BCUT2D eigenvalue weighted by atomic mass is 10.1. The third kappa shape index (κ3) is 1.88. The standard InChI is InChI=1S/C11H13NO2/c1-8-5-9(7-14-8)11(12)6-10-3-2-4-13-10/h2-5,7,11H,6,12H2,1H3. The molecule has 1 unspecified atom stereocenters. The summed E-state index contributed by atoms with van der Waals surface area (Å²) in [6, 6.07) is 5.68. The summed E-state index contributed by atoms with van der Waals surface area (Å²) in [4.78, 5) is 0. The van der Waals surface area contributed by atoms with Crippen molar-refractivity contribution in [3.05, 3.63) is 47.8 Å². The molecule has 3 heteroatoms. The van der Waals surface area contributed by atoms with Gasteiger partial charge in [0.25, 0.3) is 0 Å². The second-order valence-corrected chi connectivity index (χ2v) is 3.38. The van der Waals surface area contributed by atoms with E-state index in [1.165, 1.54) is 0 Å². The van der Waals surface area contributed by atoms with Crippen molar-refractivity contribution in [3.63, 3.8) is 0 Å². The van der Waals surface area contributed by atoms with Crippen molar-refractivity contribution in [2.75, 3.05) is 0 Å². The number of furan rings is 2. The van der Waals surface area contributed by atoms with Crippen LogP contribution in [0.1, 0.15) is 23.1 Å². The van der Waals surface area contributed by atoms with Crippen molar-refractivity contribution in [2.45, 2.75) is 19.4 Å². The molecular formula is C11H13NO2. The Hall–Kier alpha value is -1.48. The Kier molecular flexibility index (Phi) is 2.41. The zero-order valence-corrected chi connectivity index (χ0v) is 8.07. The lowest BCUT2D eigenvalue weighted by Crippen LogP contribution is -2.11. The van der Waals surface area contributed by atoms with Crippen LogP contribution in [0, 0.1) is 6.92 Å². The quantitative estimate of drug-likeness (QED) is 0.810. The number of aryl methyl sites for hydroxylation is 1. The minimum atomic E-state index is -0.0569. The van der Waals surface area contributed by atoms with Crippen LogP contribution in [0.3, 0.4) is 0 Å². The lowest BCUT2D eigenvalue weighted by molar-refractivity contribution is 0.485. The van der Waals surface area contributed by atoms with Crippen molar-refractivity contribution in [1.82, 2.24) is 0 Å². The number of nitrogens with two attached hydrogens (primary N) is 1. The smallest absolute Gasteiger partial charge is 0.105 e. The van der Waals surface area contributed by atoms with E-state index in [0.717, 1.165) is 17.1 Å². The second-order valence-electron chi connectivity index (χ2n) is 3.38. The molecule has 2 aromatic heterocycles. The topological polar surface area (TPSA) is 52.3 Å². The molecule has 0 amide bonds. The predicted molar refractivity (Wildman–Crippen MR) is 52.8 cm³/mol. The summed E-state index contributed by atoms with van der Waals surface area (Å²) in [6.45, 7) is 1.91.